The third-order valence-corrected chi connectivity index (χ3v) is 14.3. The molecule has 3 N–H and O–H groups in total. The molecule has 0 saturated heterocycles. The standard InChI is InChI=1S/C61H119NO5/c1-3-5-7-9-11-13-15-17-19-20-21-22-23-26-29-33-37-41-45-49-53-59(64)58(57-63)62-60(65)54-50-46-42-38-34-30-27-24-25-28-32-36-40-44-48-52-56-67-61(66)55-51-47-43-39-35-31-18-16-14-12-10-8-6-4-2/h16,18,58-59,63-64H,3-15,17,19-57H2,1-2H3,(H,62,65)/b18-16-. The van der Waals surface area contributed by atoms with Crippen molar-refractivity contribution in [2.45, 2.75) is 353 Å². The fourth-order valence-corrected chi connectivity index (χ4v) is 9.64. The van der Waals surface area contributed by atoms with E-state index in [1.165, 1.54) is 263 Å². The molecule has 0 saturated carbocycles. The van der Waals surface area contributed by atoms with Crippen LogP contribution in [0.5, 0.6) is 0 Å². The summed E-state index contributed by atoms with van der Waals surface area (Å²) in [7, 11) is 0. The van der Waals surface area contributed by atoms with Gasteiger partial charge in [0, 0.05) is 12.8 Å². The molecule has 0 radical (unpaired) electrons. The monoisotopic (exact) mass is 946 g/mol. The lowest BCUT2D eigenvalue weighted by Crippen LogP contribution is -2.45. The molecule has 0 aliphatic rings. The number of nitrogens with one attached hydrogen (secondary N) is 1. The van der Waals surface area contributed by atoms with E-state index in [4.69, 9.17) is 4.74 Å². The summed E-state index contributed by atoms with van der Waals surface area (Å²) in [5.41, 5.74) is 0. The van der Waals surface area contributed by atoms with E-state index in [1.54, 1.807) is 0 Å². The van der Waals surface area contributed by atoms with E-state index in [1.807, 2.05) is 0 Å². The average molecular weight is 947 g/mol. The van der Waals surface area contributed by atoms with Crippen molar-refractivity contribution in [1.29, 1.82) is 0 Å². The number of hydrogen-bond acceptors (Lipinski definition) is 5. The number of carbonyl (C=O) groups excluding carboxylic acids is 2. The maximum atomic E-state index is 12.5. The van der Waals surface area contributed by atoms with Crippen molar-refractivity contribution in [2.75, 3.05) is 13.2 Å². The van der Waals surface area contributed by atoms with Gasteiger partial charge in [-0.1, -0.05) is 289 Å². The van der Waals surface area contributed by atoms with E-state index >= 15 is 0 Å². The molecule has 2 unspecified atom stereocenters. The van der Waals surface area contributed by atoms with Crippen molar-refractivity contribution in [3.63, 3.8) is 0 Å². The first-order chi connectivity index (χ1) is 33.0. The lowest BCUT2D eigenvalue weighted by atomic mass is 10.0. The van der Waals surface area contributed by atoms with Gasteiger partial charge >= 0.3 is 5.97 Å². The highest BCUT2D eigenvalue weighted by Gasteiger charge is 2.20. The number of hydrogen-bond donors (Lipinski definition) is 3. The minimum Gasteiger partial charge on any atom is -0.466 e. The maximum Gasteiger partial charge on any atom is 0.305 e. The van der Waals surface area contributed by atoms with E-state index in [-0.39, 0.29) is 18.5 Å². The van der Waals surface area contributed by atoms with Gasteiger partial charge in [-0.25, -0.2) is 0 Å². The minimum absolute atomic E-state index is 0.00437. The zero-order chi connectivity index (χ0) is 48.6. The van der Waals surface area contributed by atoms with Crippen LogP contribution in [0.2, 0.25) is 0 Å². The first-order valence-electron chi connectivity index (χ1n) is 30.4. The second-order valence-electron chi connectivity index (χ2n) is 21.0. The zero-order valence-corrected chi connectivity index (χ0v) is 45.4. The van der Waals surface area contributed by atoms with E-state index in [0.29, 0.717) is 25.9 Å². The van der Waals surface area contributed by atoms with Crippen LogP contribution in [0.15, 0.2) is 12.2 Å². The number of allylic oxidation sites excluding steroid dienone is 2. The Morgan fingerprint density at radius 3 is 1.06 bits per heavy atom. The van der Waals surface area contributed by atoms with E-state index in [9.17, 15) is 19.8 Å². The van der Waals surface area contributed by atoms with Crippen LogP contribution >= 0.6 is 0 Å². The second kappa shape index (κ2) is 57.2. The van der Waals surface area contributed by atoms with Gasteiger partial charge in [0.1, 0.15) is 0 Å². The molecule has 0 bridgehead atoms. The quantitative estimate of drug-likeness (QED) is 0.0321. The predicted molar refractivity (Wildman–Crippen MR) is 292 cm³/mol. The van der Waals surface area contributed by atoms with Gasteiger partial charge in [0.15, 0.2) is 0 Å². The molecule has 0 aromatic heterocycles. The highest BCUT2D eigenvalue weighted by atomic mass is 16.5. The third kappa shape index (κ3) is 53.8. The van der Waals surface area contributed by atoms with Crippen molar-refractivity contribution in [1.82, 2.24) is 5.32 Å². The molecule has 0 spiro atoms. The number of unbranched alkanes of at least 4 members (excludes halogenated alkanes) is 44. The normalized spacial score (nSPS) is 12.6. The van der Waals surface area contributed by atoms with Crippen molar-refractivity contribution in [2.24, 2.45) is 0 Å². The molecule has 0 fully saturated rings. The third-order valence-electron chi connectivity index (χ3n) is 14.3. The SMILES string of the molecule is CCCCCCC/C=C\CCCCCCCC(=O)OCCCCCCCCCCCCCCCCCCC(=O)NC(CO)C(O)CCCCCCCCCCCCCCCCCCCCCC. The van der Waals surface area contributed by atoms with Gasteiger partial charge in [-0.05, 0) is 51.4 Å². The Balaban J connectivity index is 3.42. The topological polar surface area (TPSA) is 95.9 Å². The summed E-state index contributed by atoms with van der Waals surface area (Å²) in [4.78, 5) is 24.6. The van der Waals surface area contributed by atoms with Crippen LogP contribution in [0.25, 0.3) is 0 Å². The molecule has 0 rings (SSSR count). The molecule has 1 amide bonds. The van der Waals surface area contributed by atoms with Crippen LogP contribution in [0, 0.1) is 0 Å². The van der Waals surface area contributed by atoms with Crippen LogP contribution in [0.4, 0.5) is 0 Å². The van der Waals surface area contributed by atoms with Gasteiger partial charge in [0.05, 0.1) is 25.4 Å². The lowest BCUT2D eigenvalue weighted by molar-refractivity contribution is -0.143. The van der Waals surface area contributed by atoms with Crippen molar-refractivity contribution in [3.05, 3.63) is 12.2 Å². The molecule has 0 heterocycles. The fraction of sp³-hybridized carbons (Fsp3) is 0.934. The molecule has 6 heteroatoms. The first kappa shape index (κ1) is 65.6. The van der Waals surface area contributed by atoms with Crippen LogP contribution in [0.3, 0.4) is 0 Å². The van der Waals surface area contributed by atoms with Gasteiger partial charge in [-0.2, -0.15) is 0 Å². The first-order valence-corrected chi connectivity index (χ1v) is 30.4. The molecule has 0 aliphatic heterocycles. The van der Waals surface area contributed by atoms with Crippen molar-refractivity contribution < 1.29 is 24.5 Å². The average Bonchev–Trinajstić information content (AvgIpc) is 3.33. The second-order valence-corrected chi connectivity index (χ2v) is 21.0. The maximum absolute atomic E-state index is 12.5. The molecular formula is C61H119NO5. The highest BCUT2D eigenvalue weighted by Crippen LogP contribution is 2.18. The number of esters is 1. The Kier molecular flexibility index (Phi) is 56.0. The van der Waals surface area contributed by atoms with E-state index in [0.717, 1.165) is 44.9 Å². The predicted octanol–water partition coefficient (Wildman–Crippen LogP) is 18.9. The fourth-order valence-electron chi connectivity index (χ4n) is 9.64. The van der Waals surface area contributed by atoms with Crippen molar-refractivity contribution >= 4 is 11.9 Å². The van der Waals surface area contributed by atoms with Crippen LogP contribution in [-0.4, -0.2) is 47.4 Å². The summed E-state index contributed by atoms with van der Waals surface area (Å²) in [5.74, 6) is -0.0428. The van der Waals surface area contributed by atoms with Crippen LogP contribution in [-0.2, 0) is 14.3 Å². The van der Waals surface area contributed by atoms with Gasteiger partial charge < -0.3 is 20.3 Å². The van der Waals surface area contributed by atoms with Crippen LogP contribution < -0.4 is 5.32 Å². The van der Waals surface area contributed by atoms with Gasteiger partial charge in [-0.3, -0.25) is 9.59 Å². The molecule has 0 aromatic rings. The summed E-state index contributed by atoms with van der Waals surface area (Å²) in [5, 5.41) is 23.4. The Labute approximate surface area is 419 Å². The van der Waals surface area contributed by atoms with Crippen molar-refractivity contribution in [3.8, 4) is 0 Å². The Bertz CT molecular complexity index is 1000. The summed E-state index contributed by atoms with van der Waals surface area (Å²) in [6, 6.07) is -0.547. The Hall–Kier alpha value is -1.40. The largest absolute Gasteiger partial charge is 0.466 e. The summed E-state index contributed by atoms with van der Waals surface area (Å²) in [6.45, 7) is 4.95. The molecule has 67 heavy (non-hydrogen) atoms. The van der Waals surface area contributed by atoms with E-state index < -0.39 is 12.1 Å². The van der Waals surface area contributed by atoms with E-state index in [2.05, 4.69) is 31.3 Å². The Morgan fingerprint density at radius 2 is 0.701 bits per heavy atom. The molecule has 398 valence electrons. The number of amides is 1. The molecule has 0 aliphatic carbocycles. The molecule has 0 aromatic carbocycles. The number of ether oxygens (including phenoxy) is 1. The van der Waals surface area contributed by atoms with Crippen LogP contribution in [0.1, 0.15) is 341 Å². The van der Waals surface area contributed by atoms with Gasteiger partial charge in [0.2, 0.25) is 5.91 Å². The Morgan fingerprint density at radius 1 is 0.403 bits per heavy atom. The molecular weight excluding hydrogens is 827 g/mol. The summed E-state index contributed by atoms with van der Waals surface area (Å²) < 4.78 is 5.47. The molecule has 2 atom stereocenters. The number of carbonyl (C=O) groups is 2. The summed E-state index contributed by atoms with van der Waals surface area (Å²) >= 11 is 0. The highest BCUT2D eigenvalue weighted by molar-refractivity contribution is 5.76. The number of aliphatic hydroxyl groups excluding tert-OH is 2. The summed E-state index contributed by atoms with van der Waals surface area (Å²) in [6.07, 6.45) is 67.8. The lowest BCUT2D eigenvalue weighted by Gasteiger charge is -2.22. The minimum atomic E-state index is -0.669. The number of rotatable bonds is 57. The number of aliphatic hydroxyl groups is 2. The molecule has 6 nitrogen and oxygen atoms in total. The smallest absolute Gasteiger partial charge is 0.305 e. The van der Waals surface area contributed by atoms with Gasteiger partial charge in [-0.15, -0.1) is 0 Å². The van der Waals surface area contributed by atoms with Gasteiger partial charge in [0.25, 0.3) is 0 Å². The zero-order valence-electron chi connectivity index (χ0n) is 45.4.